The molecule has 2 aromatic carbocycles. The summed E-state index contributed by atoms with van der Waals surface area (Å²) in [6, 6.07) is 17.1. The molecule has 0 bridgehead atoms. The standard InChI is InChI=1S/C27H25ClN2O3S2/c1-27(2)14-20-22(15-33-27)35-25-23(24(20)32)29-26(30(25)13-12-17-6-4-3-5-7-17)34-16-21(31)18-8-10-19(28)11-9-18/h3-11H,12-16H2,1-2H3. The molecule has 0 atom stereocenters. The zero-order valence-corrected chi connectivity index (χ0v) is 21.9. The van der Waals surface area contributed by atoms with Gasteiger partial charge in [0.25, 0.3) is 0 Å². The summed E-state index contributed by atoms with van der Waals surface area (Å²) in [6.07, 6.45) is 1.37. The third-order valence-electron chi connectivity index (χ3n) is 6.09. The van der Waals surface area contributed by atoms with Crippen LogP contribution in [0, 0.1) is 0 Å². The highest BCUT2D eigenvalue weighted by molar-refractivity contribution is 7.99. The molecule has 35 heavy (non-hydrogen) atoms. The van der Waals surface area contributed by atoms with Gasteiger partial charge in [-0.2, -0.15) is 0 Å². The van der Waals surface area contributed by atoms with Crippen LogP contribution in [-0.4, -0.2) is 26.7 Å². The van der Waals surface area contributed by atoms with E-state index in [9.17, 15) is 9.59 Å². The van der Waals surface area contributed by atoms with Crippen molar-refractivity contribution in [1.82, 2.24) is 9.55 Å². The highest BCUT2D eigenvalue weighted by atomic mass is 35.5. The molecule has 0 spiro atoms. The number of aryl methyl sites for hydroxylation is 2. The van der Waals surface area contributed by atoms with Crippen LogP contribution in [0.25, 0.3) is 10.3 Å². The lowest BCUT2D eigenvalue weighted by molar-refractivity contribution is -0.0386. The zero-order valence-electron chi connectivity index (χ0n) is 19.5. The number of aromatic nitrogens is 2. The van der Waals surface area contributed by atoms with Crippen molar-refractivity contribution in [3.05, 3.63) is 91.4 Å². The summed E-state index contributed by atoms with van der Waals surface area (Å²) in [5.74, 6) is 0.221. The number of ether oxygens (including phenoxy) is 1. The number of fused-ring (bicyclic) bond motifs is 2. The van der Waals surface area contributed by atoms with Crippen LogP contribution in [0.1, 0.15) is 40.2 Å². The number of imidazole rings is 1. The second kappa shape index (κ2) is 9.90. The van der Waals surface area contributed by atoms with Gasteiger partial charge in [0.1, 0.15) is 10.3 Å². The van der Waals surface area contributed by atoms with Gasteiger partial charge in [-0.1, -0.05) is 53.7 Å². The summed E-state index contributed by atoms with van der Waals surface area (Å²) in [5.41, 5.74) is 2.72. The van der Waals surface area contributed by atoms with Crippen molar-refractivity contribution in [3.8, 4) is 0 Å². The molecule has 3 heterocycles. The molecule has 2 aromatic heterocycles. The molecule has 0 fully saturated rings. The first-order valence-corrected chi connectivity index (χ1v) is 13.6. The van der Waals surface area contributed by atoms with Crippen LogP contribution < -0.4 is 5.43 Å². The first kappa shape index (κ1) is 24.3. The fourth-order valence-corrected chi connectivity index (χ4v) is 6.46. The Labute approximate surface area is 217 Å². The Morgan fingerprint density at radius 1 is 1.17 bits per heavy atom. The Bertz CT molecular complexity index is 1440. The highest BCUT2D eigenvalue weighted by Crippen LogP contribution is 2.34. The monoisotopic (exact) mass is 524 g/mol. The Morgan fingerprint density at radius 2 is 1.91 bits per heavy atom. The van der Waals surface area contributed by atoms with Gasteiger partial charge in [0, 0.05) is 34.0 Å². The van der Waals surface area contributed by atoms with Crippen molar-refractivity contribution in [2.24, 2.45) is 0 Å². The van der Waals surface area contributed by atoms with Crippen LogP contribution >= 0.6 is 34.7 Å². The van der Waals surface area contributed by atoms with Crippen molar-refractivity contribution < 1.29 is 9.53 Å². The number of ketones is 1. The number of halogens is 1. The number of rotatable bonds is 7. The van der Waals surface area contributed by atoms with Crippen molar-refractivity contribution in [3.63, 3.8) is 0 Å². The average Bonchev–Trinajstić information content (AvgIpc) is 3.20. The summed E-state index contributed by atoms with van der Waals surface area (Å²) < 4.78 is 8.08. The Morgan fingerprint density at radius 3 is 2.66 bits per heavy atom. The molecule has 8 heteroatoms. The molecule has 0 amide bonds. The van der Waals surface area contributed by atoms with E-state index in [2.05, 4.69) is 16.7 Å². The maximum absolute atomic E-state index is 13.5. The molecule has 180 valence electrons. The second-order valence-corrected chi connectivity index (χ2v) is 11.7. The van der Waals surface area contributed by atoms with Gasteiger partial charge in [0.15, 0.2) is 10.9 Å². The third kappa shape index (κ3) is 5.23. The largest absolute Gasteiger partial charge is 0.370 e. The molecule has 0 saturated carbocycles. The van der Waals surface area contributed by atoms with Crippen LogP contribution in [0.2, 0.25) is 5.02 Å². The first-order chi connectivity index (χ1) is 16.8. The molecule has 5 rings (SSSR count). The van der Waals surface area contributed by atoms with Crippen LogP contribution in [0.5, 0.6) is 0 Å². The molecule has 4 aromatic rings. The SMILES string of the molecule is CC1(C)Cc2c(sc3c(nc(SCC(=O)c4ccc(Cl)cc4)n3CCc3ccccc3)c2=O)CO1. The number of benzene rings is 2. The van der Waals surface area contributed by atoms with Crippen LogP contribution in [0.4, 0.5) is 0 Å². The Hall–Kier alpha value is -2.45. The molecule has 0 N–H and O–H groups in total. The molecule has 1 aliphatic rings. The molecule has 0 saturated heterocycles. The van der Waals surface area contributed by atoms with Gasteiger partial charge in [0.2, 0.25) is 5.43 Å². The van der Waals surface area contributed by atoms with Gasteiger partial charge in [-0.05, 0) is 50.1 Å². The quantitative estimate of drug-likeness (QED) is 0.213. The number of carbonyl (C=O) groups is 1. The van der Waals surface area contributed by atoms with Crippen molar-refractivity contribution >= 4 is 50.8 Å². The summed E-state index contributed by atoms with van der Waals surface area (Å²) in [6.45, 7) is 5.11. The summed E-state index contributed by atoms with van der Waals surface area (Å²) in [5, 5.41) is 1.28. The van der Waals surface area contributed by atoms with Gasteiger partial charge in [-0.3, -0.25) is 9.59 Å². The van der Waals surface area contributed by atoms with Crippen LogP contribution in [0.15, 0.2) is 64.5 Å². The highest BCUT2D eigenvalue weighted by Gasteiger charge is 2.30. The van der Waals surface area contributed by atoms with Crippen LogP contribution in [0.3, 0.4) is 0 Å². The minimum atomic E-state index is -0.370. The first-order valence-electron chi connectivity index (χ1n) is 11.5. The van der Waals surface area contributed by atoms with E-state index in [1.165, 1.54) is 17.3 Å². The van der Waals surface area contributed by atoms with E-state index in [-0.39, 0.29) is 22.6 Å². The van der Waals surface area contributed by atoms with Gasteiger partial charge >= 0.3 is 0 Å². The lowest BCUT2D eigenvalue weighted by Gasteiger charge is -2.30. The number of hydrogen-bond acceptors (Lipinski definition) is 6. The number of nitrogens with zero attached hydrogens (tertiary/aromatic N) is 2. The molecule has 0 aliphatic carbocycles. The molecule has 5 nitrogen and oxygen atoms in total. The fraction of sp³-hybridized carbons (Fsp3) is 0.296. The lowest BCUT2D eigenvalue weighted by atomic mass is 9.96. The summed E-state index contributed by atoms with van der Waals surface area (Å²) in [4.78, 5) is 32.9. The predicted octanol–water partition coefficient (Wildman–Crippen LogP) is 6.18. The summed E-state index contributed by atoms with van der Waals surface area (Å²) >= 11 is 8.91. The van der Waals surface area contributed by atoms with E-state index in [1.807, 2.05) is 32.0 Å². The minimum absolute atomic E-state index is 0.00574. The molecule has 0 radical (unpaired) electrons. The Balaban J connectivity index is 1.50. The van der Waals surface area contributed by atoms with Crippen molar-refractivity contribution in [1.29, 1.82) is 0 Å². The molecule has 0 unspecified atom stereocenters. The second-order valence-electron chi connectivity index (χ2n) is 9.21. The van der Waals surface area contributed by atoms with E-state index in [0.717, 1.165) is 21.7 Å². The normalized spacial score (nSPS) is 14.7. The van der Waals surface area contributed by atoms with E-state index in [0.29, 0.717) is 40.8 Å². The van der Waals surface area contributed by atoms with E-state index in [1.54, 1.807) is 35.6 Å². The van der Waals surface area contributed by atoms with Crippen LogP contribution in [-0.2, 0) is 30.7 Å². The molecular formula is C27H25ClN2O3S2. The number of thioether (sulfide) groups is 1. The number of carbonyl (C=O) groups excluding carboxylic acids is 1. The fourth-order valence-electron chi connectivity index (χ4n) is 4.19. The smallest absolute Gasteiger partial charge is 0.211 e. The number of Topliss-reactive ketones (excluding diaryl/α,β-unsaturated/α-hetero) is 1. The maximum atomic E-state index is 13.5. The average molecular weight is 525 g/mol. The van der Waals surface area contributed by atoms with Crippen molar-refractivity contribution in [2.45, 2.75) is 50.6 Å². The van der Waals surface area contributed by atoms with Gasteiger partial charge < -0.3 is 9.30 Å². The predicted molar refractivity (Wildman–Crippen MR) is 143 cm³/mol. The maximum Gasteiger partial charge on any atom is 0.211 e. The van der Waals surface area contributed by atoms with Gasteiger partial charge in [-0.15, -0.1) is 11.3 Å². The van der Waals surface area contributed by atoms with Crippen molar-refractivity contribution in [2.75, 3.05) is 5.75 Å². The third-order valence-corrected chi connectivity index (χ3v) is 8.54. The lowest BCUT2D eigenvalue weighted by Crippen LogP contribution is -2.34. The van der Waals surface area contributed by atoms with E-state index in [4.69, 9.17) is 21.3 Å². The van der Waals surface area contributed by atoms with Gasteiger partial charge in [0.05, 0.1) is 18.0 Å². The van der Waals surface area contributed by atoms with Gasteiger partial charge in [-0.25, -0.2) is 4.98 Å². The minimum Gasteiger partial charge on any atom is -0.370 e. The number of hydrogen-bond donors (Lipinski definition) is 0. The zero-order chi connectivity index (χ0) is 24.6. The Kier molecular flexibility index (Phi) is 6.86. The summed E-state index contributed by atoms with van der Waals surface area (Å²) in [7, 11) is 0. The van der Waals surface area contributed by atoms with E-state index >= 15 is 0 Å². The van der Waals surface area contributed by atoms with E-state index < -0.39 is 0 Å². The molecule has 1 aliphatic heterocycles. The topological polar surface area (TPSA) is 61.2 Å². The molecular weight excluding hydrogens is 500 g/mol.